The van der Waals surface area contributed by atoms with Crippen molar-refractivity contribution in [1.29, 1.82) is 0 Å². The molecule has 0 fully saturated rings. The number of carboxylic acids is 1. The van der Waals surface area contributed by atoms with Crippen molar-refractivity contribution < 1.29 is 14.3 Å². The molecule has 1 aliphatic heterocycles. The number of carboxylic acid groups (broad SMARTS) is 1. The van der Waals surface area contributed by atoms with Crippen molar-refractivity contribution in [3.63, 3.8) is 0 Å². The molecule has 66 valence electrons. The third-order valence-electron chi connectivity index (χ3n) is 1.89. The van der Waals surface area contributed by atoms with Gasteiger partial charge < -0.3 is 15.3 Å². The molecule has 0 radical (unpaired) electrons. The Labute approximate surface area is 73.9 Å². The molecule has 0 saturated carbocycles. The number of nitrogens with two attached hydrogens (primary N) is 1. The molecule has 0 atom stereocenters. The number of aromatic carboxylic acids is 1. The van der Waals surface area contributed by atoms with E-state index in [4.69, 9.17) is 15.3 Å². The number of hydrogen-bond acceptors (Lipinski definition) is 3. The van der Waals surface area contributed by atoms with Gasteiger partial charge in [-0.15, -0.1) is 0 Å². The average molecular weight is 177 g/mol. The Morgan fingerprint density at radius 2 is 2.23 bits per heavy atom. The Morgan fingerprint density at radius 1 is 1.46 bits per heavy atom. The maximum Gasteiger partial charge on any atom is 0.341 e. The van der Waals surface area contributed by atoms with Crippen LogP contribution in [0.15, 0.2) is 28.9 Å². The first-order valence-corrected chi connectivity index (χ1v) is 3.69. The summed E-state index contributed by atoms with van der Waals surface area (Å²) in [5.41, 5.74) is 6.51. The standard InChI is InChI=1S/C9H7NO3/c10-8-5-2-1-3-7(5)13-4-6(8)9(11)12/h1-4H,10H2,(H,11,12). The van der Waals surface area contributed by atoms with Crippen LogP contribution in [0.1, 0.15) is 10.4 Å². The topological polar surface area (TPSA) is 76.5 Å². The lowest BCUT2D eigenvalue weighted by molar-refractivity contribution is 0.0695. The molecule has 0 spiro atoms. The van der Waals surface area contributed by atoms with Gasteiger partial charge in [0, 0.05) is 5.56 Å². The summed E-state index contributed by atoms with van der Waals surface area (Å²) in [6, 6.07) is 5.22. The fraction of sp³-hybridized carbons (Fsp3) is 0. The van der Waals surface area contributed by atoms with Gasteiger partial charge in [-0.05, 0) is 12.1 Å². The minimum absolute atomic E-state index is 0.00120. The van der Waals surface area contributed by atoms with Crippen molar-refractivity contribution in [2.75, 3.05) is 5.73 Å². The summed E-state index contributed by atoms with van der Waals surface area (Å²) < 4.78 is 5.06. The maximum absolute atomic E-state index is 10.6. The van der Waals surface area contributed by atoms with Crippen LogP contribution in [0.4, 0.5) is 5.69 Å². The van der Waals surface area contributed by atoms with Crippen LogP contribution >= 0.6 is 0 Å². The molecule has 0 unspecified atom stereocenters. The lowest BCUT2D eigenvalue weighted by Crippen LogP contribution is -2.03. The number of fused-ring (bicyclic) bond motifs is 1. The second kappa shape index (κ2) is 2.52. The largest absolute Gasteiger partial charge is 0.477 e. The lowest BCUT2D eigenvalue weighted by Gasteiger charge is -2.05. The van der Waals surface area contributed by atoms with Gasteiger partial charge in [0.2, 0.25) is 0 Å². The number of anilines is 1. The van der Waals surface area contributed by atoms with E-state index in [1.165, 1.54) is 0 Å². The third-order valence-corrected chi connectivity index (χ3v) is 1.89. The molecule has 0 aromatic heterocycles. The van der Waals surface area contributed by atoms with Crippen molar-refractivity contribution in [3.8, 4) is 11.3 Å². The van der Waals surface area contributed by atoms with Gasteiger partial charge in [0.15, 0.2) is 0 Å². The van der Waals surface area contributed by atoms with E-state index in [9.17, 15) is 4.79 Å². The van der Waals surface area contributed by atoms with Crippen LogP contribution < -0.4 is 5.73 Å². The first-order valence-electron chi connectivity index (χ1n) is 3.69. The zero-order valence-corrected chi connectivity index (χ0v) is 6.65. The molecule has 4 nitrogen and oxygen atoms in total. The minimum Gasteiger partial charge on any atom is -0.477 e. The molecule has 0 aromatic carbocycles. The smallest absolute Gasteiger partial charge is 0.341 e. The molecule has 2 rings (SSSR count). The zero-order valence-electron chi connectivity index (χ0n) is 6.65. The summed E-state index contributed by atoms with van der Waals surface area (Å²) in [5, 5.41) is 8.72. The Hall–Kier alpha value is -1.97. The molecule has 0 amide bonds. The van der Waals surface area contributed by atoms with Crippen molar-refractivity contribution in [1.82, 2.24) is 0 Å². The van der Waals surface area contributed by atoms with Gasteiger partial charge in [-0.1, -0.05) is 6.07 Å². The van der Waals surface area contributed by atoms with Gasteiger partial charge in [-0.3, -0.25) is 0 Å². The normalized spacial score (nSPS) is 10.5. The number of nitrogen functional groups attached to an aromatic ring is 1. The highest BCUT2D eigenvalue weighted by Gasteiger charge is 2.16. The predicted octanol–water partition coefficient (Wildman–Crippen LogP) is 1.66. The minimum atomic E-state index is -1.08. The zero-order chi connectivity index (χ0) is 9.42. The first-order chi connectivity index (χ1) is 6.20. The van der Waals surface area contributed by atoms with Gasteiger partial charge in [-0.2, -0.15) is 0 Å². The van der Waals surface area contributed by atoms with Crippen molar-refractivity contribution in [3.05, 3.63) is 30.0 Å². The van der Waals surface area contributed by atoms with Gasteiger partial charge in [0.05, 0.1) is 5.69 Å². The highest BCUT2D eigenvalue weighted by molar-refractivity contribution is 5.97. The van der Waals surface area contributed by atoms with Crippen LogP contribution in [0, 0.1) is 0 Å². The van der Waals surface area contributed by atoms with Crippen molar-refractivity contribution in [2.45, 2.75) is 0 Å². The summed E-state index contributed by atoms with van der Waals surface area (Å²) in [6.07, 6.45) is 1.15. The van der Waals surface area contributed by atoms with Crippen LogP contribution in [0.5, 0.6) is 0 Å². The van der Waals surface area contributed by atoms with E-state index in [2.05, 4.69) is 0 Å². The van der Waals surface area contributed by atoms with Crippen LogP contribution in [0.3, 0.4) is 0 Å². The molecule has 2 aliphatic rings. The Balaban J connectivity index is 2.74. The lowest BCUT2D eigenvalue weighted by atomic mass is 10.1. The van der Waals surface area contributed by atoms with Gasteiger partial charge in [-0.25, -0.2) is 4.79 Å². The molecule has 13 heavy (non-hydrogen) atoms. The van der Waals surface area contributed by atoms with Crippen LogP contribution in [-0.4, -0.2) is 11.1 Å². The summed E-state index contributed by atoms with van der Waals surface area (Å²) in [5.74, 6) is -0.480. The number of hydrogen-bond donors (Lipinski definition) is 2. The molecular weight excluding hydrogens is 170 g/mol. The van der Waals surface area contributed by atoms with E-state index in [0.717, 1.165) is 6.26 Å². The van der Waals surface area contributed by atoms with Gasteiger partial charge >= 0.3 is 5.97 Å². The van der Waals surface area contributed by atoms with E-state index < -0.39 is 5.97 Å². The molecule has 1 aliphatic carbocycles. The molecule has 0 saturated heterocycles. The highest BCUT2D eigenvalue weighted by Crippen LogP contribution is 2.31. The molecular formula is C9H7NO3. The van der Waals surface area contributed by atoms with Gasteiger partial charge in [0.1, 0.15) is 17.6 Å². The quantitative estimate of drug-likeness (QED) is 0.694. The fourth-order valence-corrected chi connectivity index (χ4v) is 1.23. The van der Waals surface area contributed by atoms with E-state index in [1.54, 1.807) is 18.2 Å². The second-order valence-corrected chi connectivity index (χ2v) is 2.67. The van der Waals surface area contributed by atoms with E-state index >= 15 is 0 Å². The number of rotatable bonds is 1. The summed E-state index contributed by atoms with van der Waals surface area (Å²) in [4.78, 5) is 10.6. The SMILES string of the molecule is Nc1c(C(=O)O)coc2cccc1-2. The summed E-state index contributed by atoms with van der Waals surface area (Å²) in [7, 11) is 0. The Morgan fingerprint density at radius 3 is 2.92 bits per heavy atom. The molecule has 0 aromatic rings. The molecule has 4 heteroatoms. The highest BCUT2D eigenvalue weighted by atomic mass is 16.4. The van der Waals surface area contributed by atoms with Gasteiger partial charge in [0.25, 0.3) is 0 Å². The average Bonchev–Trinajstić information content (AvgIpc) is 2.52. The predicted molar refractivity (Wildman–Crippen MR) is 46.7 cm³/mol. The van der Waals surface area contributed by atoms with Crippen LogP contribution in [0.25, 0.3) is 11.3 Å². The molecule has 0 bridgehead atoms. The van der Waals surface area contributed by atoms with Crippen molar-refractivity contribution >= 4 is 11.7 Å². The van der Waals surface area contributed by atoms with Crippen LogP contribution in [-0.2, 0) is 0 Å². The maximum atomic E-state index is 10.6. The first kappa shape index (κ1) is 7.67. The molecule has 3 N–H and O–H groups in total. The summed E-state index contributed by atoms with van der Waals surface area (Å²) >= 11 is 0. The number of carbonyl (C=O) groups is 1. The Kier molecular flexibility index (Phi) is 1.48. The van der Waals surface area contributed by atoms with Crippen molar-refractivity contribution in [2.24, 2.45) is 0 Å². The fourth-order valence-electron chi connectivity index (χ4n) is 1.23. The third kappa shape index (κ3) is 1.03. The van der Waals surface area contributed by atoms with E-state index in [0.29, 0.717) is 11.3 Å². The van der Waals surface area contributed by atoms with E-state index in [1.807, 2.05) is 0 Å². The molecule has 1 heterocycles. The van der Waals surface area contributed by atoms with E-state index in [-0.39, 0.29) is 11.3 Å². The summed E-state index contributed by atoms with van der Waals surface area (Å²) in [6.45, 7) is 0. The monoisotopic (exact) mass is 177 g/mol. The second-order valence-electron chi connectivity index (χ2n) is 2.67. The van der Waals surface area contributed by atoms with Crippen LogP contribution in [0.2, 0.25) is 0 Å². The Bertz CT molecular complexity index is 433.